The van der Waals surface area contributed by atoms with E-state index in [4.69, 9.17) is 0 Å². The summed E-state index contributed by atoms with van der Waals surface area (Å²) in [6, 6.07) is 1.39. The molecular weight excluding hydrogens is 252 g/mol. The Kier molecular flexibility index (Phi) is 5.27. The van der Waals surface area contributed by atoms with Crippen molar-refractivity contribution < 1.29 is 9.00 Å². The number of carbonyl (C=O) groups excluding carboxylic acids is 1. The lowest BCUT2D eigenvalue weighted by atomic mass is 10.2. The van der Waals surface area contributed by atoms with E-state index in [1.54, 1.807) is 13.2 Å². The van der Waals surface area contributed by atoms with Gasteiger partial charge in [-0.05, 0) is 13.3 Å². The highest BCUT2D eigenvalue weighted by molar-refractivity contribution is 7.84. The number of hydrogen-bond acceptors (Lipinski definition) is 3. The lowest BCUT2D eigenvalue weighted by Crippen LogP contribution is -2.31. The van der Waals surface area contributed by atoms with Crippen LogP contribution in [0.1, 0.15) is 29.4 Å². The van der Waals surface area contributed by atoms with Crippen molar-refractivity contribution in [1.29, 1.82) is 0 Å². The lowest BCUT2D eigenvalue weighted by molar-refractivity contribution is 0.0952. The second-order valence-corrected chi connectivity index (χ2v) is 6.05. The molecule has 5 nitrogen and oxygen atoms in total. The SMILES string of the molecule is Cc1cc(=O)c(C(=O)NCCC(C)S(C)=O)c[nH]1. The monoisotopic (exact) mass is 270 g/mol. The van der Waals surface area contributed by atoms with E-state index in [0.717, 1.165) is 0 Å². The van der Waals surface area contributed by atoms with Gasteiger partial charge in [-0.1, -0.05) is 6.92 Å². The average molecular weight is 270 g/mol. The van der Waals surface area contributed by atoms with Gasteiger partial charge in [-0.3, -0.25) is 13.8 Å². The minimum atomic E-state index is -0.896. The Hall–Kier alpha value is -1.43. The molecule has 0 bridgehead atoms. The third kappa shape index (κ3) is 4.10. The van der Waals surface area contributed by atoms with E-state index >= 15 is 0 Å². The first kappa shape index (κ1) is 14.6. The largest absolute Gasteiger partial charge is 0.364 e. The third-order valence-corrected chi connectivity index (χ3v) is 4.07. The zero-order chi connectivity index (χ0) is 13.7. The normalized spacial score (nSPS) is 13.9. The number of carbonyl (C=O) groups is 1. The Balaban J connectivity index is 2.56. The highest BCUT2D eigenvalue weighted by atomic mass is 32.2. The van der Waals surface area contributed by atoms with E-state index in [-0.39, 0.29) is 16.2 Å². The fourth-order valence-electron chi connectivity index (χ4n) is 1.40. The predicted molar refractivity (Wildman–Crippen MR) is 72.3 cm³/mol. The number of pyridine rings is 1. The van der Waals surface area contributed by atoms with Crippen molar-refractivity contribution in [2.24, 2.45) is 0 Å². The molecule has 0 radical (unpaired) electrons. The highest BCUT2D eigenvalue weighted by Gasteiger charge is 2.11. The minimum absolute atomic E-state index is 0.0293. The molecule has 1 aromatic rings. The topological polar surface area (TPSA) is 79.0 Å². The molecule has 0 saturated carbocycles. The summed E-state index contributed by atoms with van der Waals surface area (Å²) < 4.78 is 11.1. The summed E-state index contributed by atoms with van der Waals surface area (Å²) in [7, 11) is -0.896. The van der Waals surface area contributed by atoms with Gasteiger partial charge in [-0.15, -0.1) is 0 Å². The summed E-state index contributed by atoms with van der Waals surface area (Å²) >= 11 is 0. The fourth-order valence-corrected chi connectivity index (χ4v) is 1.85. The van der Waals surface area contributed by atoms with Gasteiger partial charge in [0.15, 0.2) is 5.43 Å². The van der Waals surface area contributed by atoms with Crippen molar-refractivity contribution in [3.63, 3.8) is 0 Å². The zero-order valence-corrected chi connectivity index (χ0v) is 11.6. The molecule has 0 aromatic carbocycles. The summed E-state index contributed by atoms with van der Waals surface area (Å²) in [6.07, 6.45) is 3.67. The Bertz CT molecular complexity index is 510. The van der Waals surface area contributed by atoms with Gasteiger partial charge < -0.3 is 10.3 Å². The summed E-state index contributed by atoms with van der Waals surface area (Å²) in [4.78, 5) is 26.1. The maximum Gasteiger partial charge on any atom is 0.256 e. The quantitative estimate of drug-likeness (QED) is 0.821. The van der Waals surface area contributed by atoms with Gasteiger partial charge in [0.2, 0.25) is 0 Å². The van der Waals surface area contributed by atoms with Gasteiger partial charge in [0.25, 0.3) is 5.91 Å². The highest BCUT2D eigenvalue weighted by Crippen LogP contribution is 1.98. The minimum Gasteiger partial charge on any atom is -0.364 e. The fraction of sp³-hybridized carbons (Fsp3) is 0.500. The molecular formula is C12H18N2O3S. The molecule has 6 heteroatoms. The summed E-state index contributed by atoms with van der Waals surface area (Å²) in [5.74, 6) is -0.398. The van der Waals surface area contributed by atoms with E-state index in [2.05, 4.69) is 10.3 Å². The van der Waals surface area contributed by atoms with Crippen molar-refractivity contribution >= 4 is 16.7 Å². The number of amides is 1. The van der Waals surface area contributed by atoms with Gasteiger partial charge in [0.1, 0.15) is 5.56 Å². The van der Waals surface area contributed by atoms with Crippen molar-refractivity contribution in [1.82, 2.24) is 10.3 Å². The van der Waals surface area contributed by atoms with Gasteiger partial charge in [-0.2, -0.15) is 0 Å². The van der Waals surface area contributed by atoms with Crippen molar-refractivity contribution in [3.05, 3.63) is 33.7 Å². The molecule has 1 amide bonds. The van der Waals surface area contributed by atoms with Crippen LogP contribution in [-0.4, -0.2) is 33.2 Å². The molecule has 2 unspecified atom stereocenters. The van der Waals surface area contributed by atoms with Gasteiger partial charge in [0, 0.05) is 46.8 Å². The van der Waals surface area contributed by atoms with Crippen molar-refractivity contribution in [2.75, 3.05) is 12.8 Å². The molecule has 18 heavy (non-hydrogen) atoms. The van der Waals surface area contributed by atoms with E-state index < -0.39 is 16.7 Å². The van der Waals surface area contributed by atoms with Crippen LogP contribution in [0.2, 0.25) is 0 Å². The maximum atomic E-state index is 11.7. The molecule has 1 rings (SSSR count). The first-order valence-corrected chi connectivity index (χ1v) is 7.33. The third-order valence-electron chi connectivity index (χ3n) is 2.70. The van der Waals surface area contributed by atoms with Crippen LogP contribution in [0, 0.1) is 6.92 Å². The van der Waals surface area contributed by atoms with E-state index in [1.807, 2.05) is 6.92 Å². The van der Waals surface area contributed by atoms with Crippen molar-refractivity contribution in [2.45, 2.75) is 25.5 Å². The number of nitrogens with one attached hydrogen (secondary N) is 2. The van der Waals surface area contributed by atoms with Gasteiger partial charge in [-0.25, -0.2) is 0 Å². The average Bonchev–Trinajstić information content (AvgIpc) is 2.28. The van der Waals surface area contributed by atoms with Gasteiger partial charge >= 0.3 is 0 Å². The van der Waals surface area contributed by atoms with Crippen LogP contribution in [0.5, 0.6) is 0 Å². The summed E-state index contributed by atoms with van der Waals surface area (Å²) in [6.45, 7) is 4.02. The number of hydrogen-bond donors (Lipinski definition) is 2. The summed E-state index contributed by atoms with van der Waals surface area (Å²) in [5, 5.41) is 2.68. The second-order valence-electron chi connectivity index (χ2n) is 4.25. The second kappa shape index (κ2) is 6.49. The van der Waals surface area contributed by atoms with E-state index in [1.165, 1.54) is 12.3 Å². The standard InChI is InChI=1S/C12H18N2O3S/c1-8-6-11(15)10(7-14-8)12(16)13-5-4-9(2)18(3)17/h6-7,9H,4-5H2,1-3H3,(H,13,16)(H,14,15). The number of aromatic nitrogens is 1. The van der Waals surface area contributed by atoms with Crippen LogP contribution in [0.3, 0.4) is 0 Å². The Labute approximate surface area is 108 Å². The Morgan fingerprint density at radius 2 is 2.22 bits per heavy atom. The van der Waals surface area contributed by atoms with Crippen LogP contribution >= 0.6 is 0 Å². The molecule has 100 valence electrons. The van der Waals surface area contributed by atoms with Crippen LogP contribution < -0.4 is 10.7 Å². The number of aromatic amines is 1. The lowest BCUT2D eigenvalue weighted by Gasteiger charge is -2.09. The Morgan fingerprint density at radius 1 is 1.56 bits per heavy atom. The Morgan fingerprint density at radius 3 is 2.78 bits per heavy atom. The molecule has 1 heterocycles. The first-order valence-electron chi connectivity index (χ1n) is 5.71. The van der Waals surface area contributed by atoms with E-state index in [9.17, 15) is 13.8 Å². The van der Waals surface area contributed by atoms with Crippen LogP contribution in [0.4, 0.5) is 0 Å². The van der Waals surface area contributed by atoms with Crippen LogP contribution in [-0.2, 0) is 10.8 Å². The molecule has 0 fully saturated rings. The molecule has 0 aliphatic carbocycles. The molecule has 0 aliphatic heterocycles. The first-order chi connectivity index (χ1) is 8.41. The van der Waals surface area contributed by atoms with Crippen molar-refractivity contribution in [3.8, 4) is 0 Å². The van der Waals surface area contributed by atoms with E-state index in [0.29, 0.717) is 18.7 Å². The molecule has 1 aromatic heterocycles. The molecule has 0 saturated heterocycles. The van der Waals surface area contributed by atoms with Crippen LogP contribution in [0.25, 0.3) is 0 Å². The zero-order valence-electron chi connectivity index (χ0n) is 10.8. The predicted octanol–water partition coefficient (Wildman–Crippen LogP) is 0.570. The molecule has 2 atom stereocenters. The summed E-state index contributed by atoms with van der Waals surface area (Å²) in [5.41, 5.74) is 0.522. The molecule has 0 aliphatic rings. The maximum absolute atomic E-state index is 11.7. The number of rotatable bonds is 5. The smallest absolute Gasteiger partial charge is 0.256 e. The molecule has 2 N–H and O–H groups in total. The molecule has 0 spiro atoms. The number of H-pyrrole nitrogens is 1. The number of aryl methyl sites for hydroxylation is 1. The van der Waals surface area contributed by atoms with Crippen LogP contribution in [0.15, 0.2) is 17.1 Å². The van der Waals surface area contributed by atoms with Gasteiger partial charge in [0.05, 0.1) is 0 Å².